The van der Waals surface area contributed by atoms with E-state index in [1.807, 2.05) is 0 Å². The van der Waals surface area contributed by atoms with Crippen molar-refractivity contribution in [3.05, 3.63) is 30.6 Å². The molecule has 0 aliphatic rings. The molecular weight excluding hydrogens is 274 g/mol. The Hall–Kier alpha value is -0.262. The molecule has 0 radical (unpaired) electrons. The van der Waals surface area contributed by atoms with Crippen molar-refractivity contribution >= 4 is 0 Å². The Morgan fingerprint density at radius 3 is 0.778 bits per heavy atom. The van der Waals surface area contributed by atoms with Crippen LogP contribution in [0.2, 0.25) is 0 Å². The molecule has 0 bridgehead atoms. The van der Waals surface area contributed by atoms with E-state index in [4.69, 9.17) is 30.6 Å². The van der Waals surface area contributed by atoms with Crippen LogP contribution in [0.3, 0.4) is 0 Å². The van der Waals surface area contributed by atoms with Crippen LogP contribution in [0.4, 0.5) is 0 Å². The number of rotatable bonds is 0. The molecule has 0 heterocycles. The third-order valence-electron chi connectivity index (χ3n) is 0. The van der Waals surface area contributed by atoms with Gasteiger partial charge in [0.25, 0.3) is 0 Å². The van der Waals surface area contributed by atoms with E-state index in [0.717, 1.165) is 0 Å². The Morgan fingerprint density at radius 1 is 0.778 bits per heavy atom. The summed E-state index contributed by atoms with van der Waals surface area (Å²) in [7, 11) is 0. The normalized spacial score (nSPS) is 5.33. The third kappa shape index (κ3) is 3700. The molecule has 54 valence electrons. The second kappa shape index (κ2) is 10.7. The van der Waals surface area contributed by atoms with Crippen molar-refractivity contribution in [3.63, 3.8) is 0 Å². The van der Waals surface area contributed by atoms with Crippen LogP contribution >= 0.6 is 0 Å². The van der Waals surface area contributed by atoms with E-state index < -0.39 is 10.2 Å². The van der Waals surface area contributed by atoms with E-state index in [2.05, 4.69) is 0 Å². The standard InChI is InChI=1S/2NO3.Sm/c2*2-1(3)4;/q2*-1;. The molecule has 0 aliphatic heterocycles. The van der Waals surface area contributed by atoms with Crippen molar-refractivity contribution in [2.45, 2.75) is 0 Å². The van der Waals surface area contributed by atoms with E-state index in [1.54, 1.807) is 0 Å². The van der Waals surface area contributed by atoms with Crippen LogP contribution < -0.4 is 0 Å². The first-order chi connectivity index (χ1) is 3.46. The Balaban J connectivity index is -0.0000000720. The molecule has 8 nitrogen and oxygen atoms in total. The zero-order valence-electron chi connectivity index (χ0n) is 3.75. The van der Waals surface area contributed by atoms with Crippen LogP contribution in [0, 0.1) is 71.0 Å². The van der Waals surface area contributed by atoms with Gasteiger partial charge in [0.2, 0.25) is 0 Å². The van der Waals surface area contributed by atoms with Crippen molar-refractivity contribution in [1.82, 2.24) is 0 Å². The zero-order valence-corrected chi connectivity index (χ0v) is 6.37. The fourth-order valence-corrected chi connectivity index (χ4v) is 0. The number of hydrogen-bond donors (Lipinski definition) is 0. The molecule has 0 amide bonds. The molecule has 0 aromatic carbocycles. The summed E-state index contributed by atoms with van der Waals surface area (Å²) in [5, 5.41) is 29.5. The van der Waals surface area contributed by atoms with Gasteiger partial charge < -0.3 is 30.6 Å². The molecule has 0 spiro atoms. The van der Waals surface area contributed by atoms with Crippen LogP contribution in [0.1, 0.15) is 0 Å². The Bertz CT molecular complexity index is 69.1. The Labute approximate surface area is 80.8 Å². The summed E-state index contributed by atoms with van der Waals surface area (Å²) in [4.78, 5) is 16.5. The van der Waals surface area contributed by atoms with E-state index in [9.17, 15) is 0 Å². The summed E-state index contributed by atoms with van der Waals surface area (Å²) in [6.07, 6.45) is 0. The fraction of sp³-hybridized carbons (Fsp3) is 0. The predicted octanol–water partition coefficient (Wildman–Crippen LogP) is -0.478. The molecule has 0 unspecified atom stereocenters. The maximum atomic E-state index is 8.25. The maximum Gasteiger partial charge on any atom is 0.0689 e. The molecule has 9 heteroatoms. The predicted molar refractivity (Wildman–Crippen MR) is 20.7 cm³/mol. The topological polar surface area (TPSA) is 132 Å². The van der Waals surface area contributed by atoms with Gasteiger partial charge in [-0.3, -0.25) is 0 Å². The van der Waals surface area contributed by atoms with Gasteiger partial charge in [0.15, 0.2) is 0 Å². The summed E-state index contributed by atoms with van der Waals surface area (Å²) < 4.78 is 0. The van der Waals surface area contributed by atoms with Gasteiger partial charge in [-0.15, -0.1) is 0 Å². The molecular formula is N2O6Sm-2. The molecule has 0 saturated carbocycles. The first-order valence-electron chi connectivity index (χ1n) is 1.10. The van der Waals surface area contributed by atoms with Crippen molar-refractivity contribution < 1.29 is 50.6 Å². The van der Waals surface area contributed by atoms with E-state index in [1.165, 1.54) is 0 Å². The van der Waals surface area contributed by atoms with E-state index >= 15 is 0 Å². The minimum Gasteiger partial charge on any atom is -0.356 e. The summed E-state index contributed by atoms with van der Waals surface area (Å²) in [5.74, 6) is 0. The quantitative estimate of drug-likeness (QED) is 0.433. The SMILES string of the molecule is O=[N+]([O-])[O-].O=[N+]([O-])[O-].[Sm]. The molecule has 0 aliphatic carbocycles. The third-order valence-corrected chi connectivity index (χ3v) is 0. The Morgan fingerprint density at radius 2 is 0.778 bits per heavy atom. The van der Waals surface area contributed by atoms with E-state index in [-0.39, 0.29) is 40.4 Å². The molecule has 0 N–H and O–H groups in total. The molecule has 9 heavy (non-hydrogen) atoms. The summed E-state index contributed by atoms with van der Waals surface area (Å²) in [5.41, 5.74) is 0. The van der Waals surface area contributed by atoms with Crippen molar-refractivity contribution in [1.29, 1.82) is 0 Å². The van der Waals surface area contributed by atoms with Gasteiger partial charge in [0.05, 0.1) is 10.2 Å². The van der Waals surface area contributed by atoms with Crippen LogP contribution in [0.15, 0.2) is 0 Å². The van der Waals surface area contributed by atoms with Gasteiger partial charge in [0, 0.05) is 40.4 Å². The van der Waals surface area contributed by atoms with Gasteiger partial charge in [-0.1, -0.05) is 0 Å². The average Bonchev–Trinajstić information content (AvgIpc) is 1.25. The van der Waals surface area contributed by atoms with Gasteiger partial charge in [0.1, 0.15) is 0 Å². The second-order valence-corrected chi connectivity index (χ2v) is 0.447. The molecule has 0 fully saturated rings. The largest absolute Gasteiger partial charge is 0.356 e. The second-order valence-electron chi connectivity index (χ2n) is 0.447. The number of hydrogen-bond acceptors (Lipinski definition) is 6. The summed E-state index contributed by atoms with van der Waals surface area (Å²) in [6.45, 7) is 0. The van der Waals surface area contributed by atoms with Crippen LogP contribution in [-0.4, -0.2) is 10.2 Å². The Kier molecular flexibility index (Phi) is 18.8. The van der Waals surface area contributed by atoms with Crippen LogP contribution in [0.5, 0.6) is 0 Å². The average molecular weight is 274 g/mol. The van der Waals surface area contributed by atoms with E-state index in [0.29, 0.717) is 0 Å². The molecule has 0 aromatic heterocycles. The molecule has 0 rings (SSSR count). The monoisotopic (exact) mass is 276 g/mol. The van der Waals surface area contributed by atoms with Gasteiger partial charge in [-0.05, 0) is 0 Å². The maximum absolute atomic E-state index is 8.25. The summed E-state index contributed by atoms with van der Waals surface area (Å²) in [6, 6.07) is 0. The number of nitrogens with zero attached hydrogens (tertiary/aromatic N) is 2. The fourth-order valence-electron chi connectivity index (χ4n) is 0. The van der Waals surface area contributed by atoms with Crippen LogP contribution in [-0.2, 0) is 0 Å². The van der Waals surface area contributed by atoms with Gasteiger partial charge in [-0.25, -0.2) is 0 Å². The van der Waals surface area contributed by atoms with Crippen molar-refractivity contribution in [2.75, 3.05) is 0 Å². The van der Waals surface area contributed by atoms with Crippen molar-refractivity contribution in [2.24, 2.45) is 0 Å². The summed E-state index contributed by atoms with van der Waals surface area (Å²) >= 11 is 0. The molecule has 0 atom stereocenters. The minimum absolute atomic E-state index is 0. The first kappa shape index (κ1) is 15.9. The van der Waals surface area contributed by atoms with Gasteiger partial charge >= 0.3 is 0 Å². The van der Waals surface area contributed by atoms with Gasteiger partial charge in [-0.2, -0.15) is 0 Å². The molecule has 0 aromatic rings. The van der Waals surface area contributed by atoms with Crippen LogP contribution in [0.25, 0.3) is 0 Å². The smallest absolute Gasteiger partial charge is 0.0689 e. The molecule has 0 saturated heterocycles. The minimum atomic E-state index is -1.75. The zero-order chi connectivity index (χ0) is 7.15. The first-order valence-corrected chi connectivity index (χ1v) is 1.10. The van der Waals surface area contributed by atoms with Crippen molar-refractivity contribution in [3.8, 4) is 0 Å².